The second-order valence-corrected chi connectivity index (χ2v) is 5.55. The van der Waals surface area contributed by atoms with E-state index in [1.54, 1.807) is 12.1 Å². The summed E-state index contributed by atoms with van der Waals surface area (Å²) in [7, 11) is 0. The van der Waals surface area contributed by atoms with Crippen molar-refractivity contribution in [2.75, 3.05) is 0 Å². The van der Waals surface area contributed by atoms with Gasteiger partial charge in [0.15, 0.2) is 0 Å². The second-order valence-electron chi connectivity index (χ2n) is 5.55. The molecule has 0 spiro atoms. The highest BCUT2D eigenvalue weighted by Crippen LogP contribution is 2.08. The van der Waals surface area contributed by atoms with Gasteiger partial charge in [-0.1, -0.05) is 73.9 Å². The van der Waals surface area contributed by atoms with Crippen LogP contribution < -0.4 is 0 Å². The van der Waals surface area contributed by atoms with Gasteiger partial charge in [-0.25, -0.2) is 0 Å². The number of phenolic OH excluding ortho intramolecular Hbond substituents is 1. The largest absolute Gasteiger partial charge is 0.508 e. The smallest absolute Gasteiger partial charge is 0.115 e. The van der Waals surface area contributed by atoms with Crippen molar-refractivity contribution in [1.82, 2.24) is 0 Å². The molecule has 0 fully saturated rings. The molecule has 0 radical (unpaired) electrons. The van der Waals surface area contributed by atoms with Crippen molar-refractivity contribution in [3.63, 3.8) is 0 Å². The van der Waals surface area contributed by atoms with E-state index in [1.807, 2.05) is 32.9 Å². The molecule has 0 amide bonds. The van der Waals surface area contributed by atoms with E-state index in [2.05, 4.69) is 41.5 Å². The Hall–Kier alpha value is -0.980. The molecule has 0 saturated heterocycles. The third-order valence-electron chi connectivity index (χ3n) is 1.00. The molecule has 1 nitrogen and oxygen atoms in total. The van der Waals surface area contributed by atoms with Gasteiger partial charge in [0, 0.05) is 0 Å². The van der Waals surface area contributed by atoms with Crippen molar-refractivity contribution < 1.29 is 5.11 Å². The summed E-state index contributed by atoms with van der Waals surface area (Å²) in [5.74, 6) is 0.338. The molecular weight excluding hydrogens is 220 g/mol. The van der Waals surface area contributed by atoms with Gasteiger partial charge >= 0.3 is 0 Å². The number of hydrogen-bond acceptors (Lipinski definition) is 1. The summed E-state index contributed by atoms with van der Waals surface area (Å²) in [6.45, 7) is 18.9. The SMILES string of the molecule is CC.CC(C)(C)C.CCC.Cc1cccc(O)c1. The standard InChI is InChI=1S/C7H8O.C5H12.C3H8.C2H6/c1-6-3-2-4-7(8)5-6;1-5(2,3)4;1-3-2;1-2/h2-5,8H,1H3;1-4H3;3H2,1-2H3;1-2H3. The van der Waals surface area contributed by atoms with Crippen molar-refractivity contribution in [1.29, 1.82) is 0 Å². The quantitative estimate of drug-likeness (QED) is 0.584. The van der Waals surface area contributed by atoms with Gasteiger partial charge in [0.2, 0.25) is 0 Å². The molecule has 0 aliphatic heterocycles. The molecule has 0 aromatic heterocycles. The number of phenols is 1. The lowest BCUT2D eigenvalue weighted by molar-refractivity contribution is 0.469. The van der Waals surface area contributed by atoms with Crippen LogP contribution in [0.25, 0.3) is 0 Å². The summed E-state index contributed by atoms with van der Waals surface area (Å²) in [5.41, 5.74) is 1.59. The summed E-state index contributed by atoms with van der Waals surface area (Å²) in [5, 5.41) is 8.81. The monoisotopic (exact) mass is 254 g/mol. The summed E-state index contributed by atoms with van der Waals surface area (Å²) in [4.78, 5) is 0. The Morgan fingerprint density at radius 3 is 1.50 bits per heavy atom. The van der Waals surface area contributed by atoms with Gasteiger partial charge in [0.25, 0.3) is 0 Å². The molecule has 0 aliphatic carbocycles. The minimum atomic E-state index is 0.338. The fourth-order valence-electron chi connectivity index (χ4n) is 0.628. The predicted octanol–water partition coefficient (Wildman–Crippen LogP) is 6.20. The van der Waals surface area contributed by atoms with Gasteiger partial charge in [0.1, 0.15) is 5.75 Å². The summed E-state index contributed by atoms with van der Waals surface area (Å²) in [6, 6.07) is 7.15. The Kier molecular flexibility index (Phi) is 17.4. The Labute approximate surface area is 115 Å². The Bertz CT molecular complexity index is 235. The number of rotatable bonds is 0. The highest BCUT2D eigenvalue weighted by atomic mass is 16.3. The van der Waals surface area contributed by atoms with Crippen molar-refractivity contribution in [2.45, 2.75) is 68.7 Å². The first-order valence-corrected chi connectivity index (χ1v) is 6.96. The molecule has 1 aromatic carbocycles. The molecule has 0 saturated carbocycles. The van der Waals surface area contributed by atoms with Crippen LogP contribution in [0.2, 0.25) is 0 Å². The van der Waals surface area contributed by atoms with E-state index in [0.717, 1.165) is 5.56 Å². The number of hydrogen-bond donors (Lipinski definition) is 1. The van der Waals surface area contributed by atoms with Gasteiger partial charge in [-0.05, 0) is 30.0 Å². The van der Waals surface area contributed by atoms with E-state index in [1.165, 1.54) is 6.42 Å². The molecule has 1 rings (SSSR count). The third kappa shape index (κ3) is 36.3. The average Bonchev–Trinajstić information content (AvgIpc) is 2.18. The molecule has 0 atom stereocenters. The molecule has 0 aliphatic rings. The van der Waals surface area contributed by atoms with Crippen LogP contribution in [0.3, 0.4) is 0 Å². The first-order valence-electron chi connectivity index (χ1n) is 6.96. The van der Waals surface area contributed by atoms with Gasteiger partial charge in [0.05, 0.1) is 0 Å². The Balaban J connectivity index is -0.000000196. The van der Waals surface area contributed by atoms with Gasteiger partial charge in [-0.15, -0.1) is 0 Å². The lowest BCUT2D eigenvalue weighted by Gasteiger charge is -2.05. The lowest BCUT2D eigenvalue weighted by atomic mass is 10.0. The molecule has 1 heteroatoms. The fraction of sp³-hybridized carbons (Fsp3) is 0.647. The van der Waals surface area contributed by atoms with E-state index in [4.69, 9.17) is 5.11 Å². The number of aromatic hydroxyl groups is 1. The Morgan fingerprint density at radius 1 is 1.00 bits per heavy atom. The average molecular weight is 254 g/mol. The molecule has 0 unspecified atom stereocenters. The zero-order chi connectivity index (χ0) is 15.2. The zero-order valence-corrected chi connectivity index (χ0v) is 14.0. The molecule has 0 heterocycles. The number of benzene rings is 1. The maximum atomic E-state index is 8.81. The zero-order valence-electron chi connectivity index (χ0n) is 14.0. The number of aryl methyl sites for hydroxylation is 1. The van der Waals surface area contributed by atoms with E-state index in [0.29, 0.717) is 11.2 Å². The van der Waals surface area contributed by atoms with E-state index < -0.39 is 0 Å². The van der Waals surface area contributed by atoms with Crippen LogP contribution in [0, 0.1) is 12.3 Å². The van der Waals surface area contributed by atoms with Crippen molar-refractivity contribution in [3.05, 3.63) is 29.8 Å². The van der Waals surface area contributed by atoms with Crippen LogP contribution in [0.15, 0.2) is 24.3 Å². The molecule has 1 N–H and O–H groups in total. The van der Waals surface area contributed by atoms with Crippen molar-refractivity contribution in [2.24, 2.45) is 5.41 Å². The third-order valence-corrected chi connectivity index (χ3v) is 1.00. The normalized spacial score (nSPS) is 8.72. The van der Waals surface area contributed by atoms with Crippen LogP contribution in [0.5, 0.6) is 5.75 Å². The van der Waals surface area contributed by atoms with Crippen LogP contribution in [0.1, 0.15) is 67.4 Å². The minimum Gasteiger partial charge on any atom is -0.508 e. The van der Waals surface area contributed by atoms with Crippen LogP contribution in [-0.2, 0) is 0 Å². The maximum Gasteiger partial charge on any atom is 0.115 e. The van der Waals surface area contributed by atoms with Crippen LogP contribution in [0.4, 0.5) is 0 Å². The first kappa shape index (κ1) is 22.2. The fourth-order valence-corrected chi connectivity index (χ4v) is 0.628. The first-order chi connectivity index (χ1) is 8.20. The summed E-state index contributed by atoms with van der Waals surface area (Å²) in [6.07, 6.45) is 1.25. The van der Waals surface area contributed by atoms with Crippen molar-refractivity contribution in [3.8, 4) is 5.75 Å². The predicted molar refractivity (Wildman–Crippen MR) is 85.3 cm³/mol. The molecule has 1 aromatic rings. The van der Waals surface area contributed by atoms with E-state index in [9.17, 15) is 0 Å². The van der Waals surface area contributed by atoms with E-state index >= 15 is 0 Å². The maximum absolute atomic E-state index is 8.81. The minimum absolute atomic E-state index is 0.338. The molecule has 108 valence electrons. The molecular formula is C17H34O. The highest BCUT2D eigenvalue weighted by molar-refractivity contribution is 5.25. The molecule has 0 bridgehead atoms. The topological polar surface area (TPSA) is 20.2 Å². The molecule has 18 heavy (non-hydrogen) atoms. The summed E-state index contributed by atoms with van der Waals surface area (Å²) < 4.78 is 0. The Morgan fingerprint density at radius 2 is 1.33 bits per heavy atom. The lowest BCUT2D eigenvalue weighted by Crippen LogP contribution is -1.93. The van der Waals surface area contributed by atoms with Gasteiger partial charge in [-0.2, -0.15) is 0 Å². The van der Waals surface area contributed by atoms with Gasteiger partial charge in [-0.3, -0.25) is 0 Å². The van der Waals surface area contributed by atoms with Crippen molar-refractivity contribution >= 4 is 0 Å². The van der Waals surface area contributed by atoms with Crippen LogP contribution >= 0.6 is 0 Å². The van der Waals surface area contributed by atoms with Crippen LogP contribution in [-0.4, -0.2) is 5.11 Å². The highest BCUT2D eigenvalue weighted by Gasteiger charge is 1.95. The second kappa shape index (κ2) is 14.1. The summed E-state index contributed by atoms with van der Waals surface area (Å²) >= 11 is 0. The van der Waals surface area contributed by atoms with Gasteiger partial charge < -0.3 is 5.11 Å². The van der Waals surface area contributed by atoms with E-state index in [-0.39, 0.29) is 0 Å².